The molecule has 1 N–H and O–H groups in total. The Bertz CT molecular complexity index is 384. The van der Waals surface area contributed by atoms with Crippen molar-refractivity contribution in [3.63, 3.8) is 0 Å². The number of hydrogen-bond acceptors (Lipinski definition) is 3. The zero-order valence-corrected chi connectivity index (χ0v) is 6.96. The van der Waals surface area contributed by atoms with Crippen LogP contribution in [0.2, 0.25) is 0 Å². The Morgan fingerprint density at radius 2 is 2.15 bits per heavy atom. The van der Waals surface area contributed by atoms with Crippen LogP contribution in [-0.4, -0.2) is 19.9 Å². The first-order chi connectivity index (χ1) is 6.42. The number of para-hydroxylation sites is 1. The minimum Gasteiger partial charge on any atom is -0.392 e. The van der Waals surface area contributed by atoms with E-state index in [9.17, 15) is 0 Å². The predicted molar refractivity (Wildman–Crippen MR) is 47.3 cm³/mol. The first-order valence-electron chi connectivity index (χ1n) is 3.95. The second-order valence-corrected chi connectivity index (χ2v) is 2.63. The van der Waals surface area contributed by atoms with E-state index in [1.54, 1.807) is 11.0 Å². The van der Waals surface area contributed by atoms with Crippen LogP contribution in [0.25, 0.3) is 5.69 Å². The van der Waals surface area contributed by atoms with Crippen LogP contribution in [0.5, 0.6) is 0 Å². The lowest BCUT2D eigenvalue weighted by atomic mass is 10.2. The van der Waals surface area contributed by atoms with Crippen molar-refractivity contribution in [2.75, 3.05) is 0 Å². The number of benzene rings is 1. The van der Waals surface area contributed by atoms with Crippen LogP contribution in [0.1, 0.15) is 5.56 Å². The highest BCUT2D eigenvalue weighted by atomic mass is 16.3. The van der Waals surface area contributed by atoms with Crippen molar-refractivity contribution in [1.29, 1.82) is 0 Å². The molecule has 0 aliphatic heterocycles. The van der Waals surface area contributed by atoms with E-state index in [0.717, 1.165) is 11.3 Å². The highest BCUT2D eigenvalue weighted by Gasteiger charge is 2.01. The van der Waals surface area contributed by atoms with Crippen molar-refractivity contribution in [3.05, 3.63) is 42.5 Å². The van der Waals surface area contributed by atoms with Gasteiger partial charge in [-0.1, -0.05) is 18.2 Å². The van der Waals surface area contributed by atoms with Gasteiger partial charge in [0, 0.05) is 5.56 Å². The molecule has 0 amide bonds. The van der Waals surface area contributed by atoms with Gasteiger partial charge < -0.3 is 5.11 Å². The molecule has 0 saturated heterocycles. The summed E-state index contributed by atoms with van der Waals surface area (Å²) < 4.78 is 1.63. The number of aromatic nitrogens is 3. The van der Waals surface area contributed by atoms with Crippen LogP contribution in [0.4, 0.5) is 0 Å². The Morgan fingerprint density at radius 3 is 2.85 bits per heavy atom. The fourth-order valence-electron chi connectivity index (χ4n) is 1.20. The molecule has 1 aromatic carbocycles. The predicted octanol–water partition coefficient (Wildman–Crippen LogP) is 0.760. The van der Waals surface area contributed by atoms with Gasteiger partial charge in [-0.2, -0.15) is 5.10 Å². The highest BCUT2D eigenvalue weighted by Crippen LogP contribution is 2.11. The third-order valence-electron chi connectivity index (χ3n) is 1.83. The number of nitrogens with zero attached hydrogens (tertiary/aromatic N) is 3. The number of aliphatic hydroxyl groups excluding tert-OH is 1. The molecular formula is C9H9N3O. The average Bonchev–Trinajstić information content (AvgIpc) is 2.70. The summed E-state index contributed by atoms with van der Waals surface area (Å²) >= 11 is 0. The zero-order chi connectivity index (χ0) is 9.10. The van der Waals surface area contributed by atoms with Gasteiger partial charge in [-0.25, -0.2) is 9.67 Å². The second kappa shape index (κ2) is 3.37. The van der Waals surface area contributed by atoms with Gasteiger partial charge in [-0.3, -0.25) is 0 Å². The van der Waals surface area contributed by atoms with Gasteiger partial charge in [0.05, 0.1) is 12.3 Å². The lowest BCUT2D eigenvalue weighted by Gasteiger charge is -2.04. The van der Waals surface area contributed by atoms with Gasteiger partial charge in [0.25, 0.3) is 0 Å². The molecule has 4 nitrogen and oxygen atoms in total. The number of aliphatic hydroxyl groups is 1. The maximum Gasteiger partial charge on any atom is 0.138 e. The Labute approximate surface area is 75.5 Å². The minimum absolute atomic E-state index is 0.00995. The Balaban J connectivity index is 2.51. The molecule has 2 rings (SSSR count). The fourth-order valence-corrected chi connectivity index (χ4v) is 1.20. The van der Waals surface area contributed by atoms with Crippen LogP contribution in [0, 0.1) is 0 Å². The van der Waals surface area contributed by atoms with E-state index in [-0.39, 0.29) is 6.61 Å². The molecule has 1 aromatic heterocycles. The van der Waals surface area contributed by atoms with Crippen molar-refractivity contribution >= 4 is 0 Å². The van der Waals surface area contributed by atoms with Crippen LogP contribution >= 0.6 is 0 Å². The van der Waals surface area contributed by atoms with E-state index in [0.29, 0.717) is 0 Å². The molecule has 1 heterocycles. The van der Waals surface area contributed by atoms with Crippen LogP contribution in [0.3, 0.4) is 0 Å². The van der Waals surface area contributed by atoms with Crippen molar-refractivity contribution in [1.82, 2.24) is 14.8 Å². The van der Waals surface area contributed by atoms with E-state index in [2.05, 4.69) is 10.1 Å². The Kier molecular flexibility index (Phi) is 2.06. The molecule has 4 heteroatoms. The number of hydrogen-bond donors (Lipinski definition) is 1. The highest BCUT2D eigenvalue weighted by molar-refractivity contribution is 5.39. The molecule has 0 radical (unpaired) electrons. The maximum atomic E-state index is 9.06. The summed E-state index contributed by atoms with van der Waals surface area (Å²) in [5.41, 5.74) is 1.70. The van der Waals surface area contributed by atoms with Crippen molar-refractivity contribution < 1.29 is 5.11 Å². The molecule has 0 aliphatic rings. The lowest BCUT2D eigenvalue weighted by molar-refractivity contribution is 0.281. The third kappa shape index (κ3) is 1.43. The smallest absolute Gasteiger partial charge is 0.138 e. The SMILES string of the molecule is OCc1ccccc1-n1cncn1. The molecule has 0 bridgehead atoms. The second-order valence-electron chi connectivity index (χ2n) is 2.63. The quantitative estimate of drug-likeness (QED) is 0.733. The van der Waals surface area contributed by atoms with Crippen LogP contribution in [-0.2, 0) is 6.61 Å². The van der Waals surface area contributed by atoms with Gasteiger partial charge in [0.2, 0.25) is 0 Å². The molecule has 0 fully saturated rings. The normalized spacial score (nSPS) is 10.2. The summed E-state index contributed by atoms with van der Waals surface area (Å²) in [6.07, 6.45) is 3.07. The van der Waals surface area contributed by atoms with Crippen LogP contribution in [0.15, 0.2) is 36.9 Å². The minimum atomic E-state index is 0.00995. The molecule has 13 heavy (non-hydrogen) atoms. The number of rotatable bonds is 2. The average molecular weight is 175 g/mol. The summed E-state index contributed by atoms with van der Waals surface area (Å²) in [6, 6.07) is 7.53. The summed E-state index contributed by atoms with van der Waals surface area (Å²) in [5.74, 6) is 0. The summed E-state index contributed by atoms with van der Waals surface area (Å²) in [6.45, 7) is 0.00995. The van der Waals surface area contributed by atoms with Gasteiger partial charge >= 0.3 is 0 Å². The zero-order valence-electron chi connectivity index (χ0n) is 6.96. The lowest BCUT2D eigenvalue weighted by Crippen LogP contribution is -1.99. The molecule has 2 aromatic rings. The van der Waals surface area contributed by atoms with Crippen molar-refractivity contribution in [3.8, 4) is 5.69 Å². The van der Waals surface area contributed by atoms with E-state index in [1.165, 1.54) is 6.33 Å². The Morgan fingerprint density at radius 1 is 1.31 bits per heavy atom. The van der Waals surface area contributed by atoms with E-state index in [4.69, 9.17) is 5.11 Å². The Hall–Kier alpha value is -1.68. The standard InChI is InChI=1S/C9H9N3O/c13-5-8-3-1-2-4-9(8)12-7-10-6-11-12/h1-4,6-7,13H,5H2. The van der Waals surface area contributed by atoms with E-state index in [1.807, 2.05) is 24.3 Å². The summed E-state index contributed by atoms with van der Waals surface area (Å²) in [7, 11) is 0. The first-order valence-corrected chi connectivity index (χ1v) is 3.95. The fraction of sp³-hybridized carbons (Fsp3) is 0.111. The molecular weight excluding hydrogens is 166 g/mol. The monoisotopic (exact) mass is 175 g/mol. The van der Waals surface area contributed by atoms with Gasteiger partial charge in [-0.15, -0.1) is 0 Å². The van der Waals surface area contributed by atoms with E-state index < -0.39 is 0 Å². The molecule has 0 unspecified atom stereocenters. The van der Waals surface area contributed by atoms with Crippen molar-refractivity contribution in [2.45, 2.75) is 6.61 Å². The van der Waals surface area contributed by atoms with Gasteiger partial charge in [-0.05, 0) is 6.07 Å². The van der Waals surface area contributed by atoms with Gasteiger partial charge in [0.15, 0.2) is 0 Å². The molecule has 66 valence electrons. The molecule has 0 atom stereocenters. The van der Waals surface area contributed by atoms with Crippen LogP contribution < -0.4 is 0 Å². The van der Waals surface area contributed by atoms with E-state index >= 15 is 0 Å². The topological polar surface area (TPSA) is 50.9 Å². The summed E-state index contributed by atoms with van der Waals surface area (Å²) in [4.78, 5) is 3.84. The third-order valence-corrected chi connectivity index (χ3v) is 1.83. The molecule has 0 spiro atoms. The molecule has 0 saturated carbocycles. The summed E-state index contributed by atoms with van der Waals surface area (Å²) in [5, 5.41) is 13.0. The maximum absolute atomic E-state index is 9.06. The first kappa shape index (κ1) is 7.94. The molecule has 0 aliphatic carbocycles. The van der Waals surface area contributed by atoms with Gasteiger partial charge in [0.1, 0.15) is 12.7 Å². The van der Waals surface area contributed by atoms with Crippen molar-refractivity contribution in [2.24, 2.45) is 0 Å². The largest absolute Gasteiger partial charge is 0.392 e.